The van der Waals surface area contributed by atoms with E-state index in [1.165, 1.54) is 23.9 Å². The number of hydrogen-bond donors (Lipinski definition) is 1. The summed E-state index contributed by atoms with van der Waals surface area (Å²) in [6.07, 6.45) is 5.64. The molecule has 2 aromatic heterocycles. The molecule has 0 saturated carbocycles. The minimum Gasteiger partial charge on any atom is -0.479 e. The van der Waals surface area contributed by atoms with Crippen molar-refractivity contribution in [3.8, 4) is 11.6 Å². The predicted octanol–water partition coefficient (Wildman–Crippen LogP) is 3.61. The first-order chi connectivity index (χ1) is 14.0. The van der Waals surface area contributed by atoms with E-state index in [9.17, 15) is 4.79 Å². The van der Waals surface area contributed by atoms with Crippen molar-refractivity contribution < 1.29 is 14.1 Å². The molecule has 1 aromatic carbocycles. The fourth-order valence-electron chi connectivity index (χ4n) is 3.80. The van der Waals surface area contributed by atoms with Crippen molar-refractivity contribution in [2.45, 2.75) is 52.0 Å². The molecule has 3 aromatic rings. The van der Waals surface area contributed by atoms with E-state index in [-0.39, 0.29) is 11.9 Å². The minimum absolute atomic E-state index is 0.00264. The maximum absolute atomic E-state index is 12.5. The van der Waals surface area contributed by atoms with Crippen LogP contribution in [0.25, 0.3) is 5.69 Å². The maximum Gasteiger partial charge on any atom is 0.254 e. The van der Waals surface area contributed by atoms with Crippen LogP contribution in [0, 0.1) is 13.8 Å². The average molecular weight is 394 g/mol. The summed E-state index contributed by atoms with van der Waals surface area (Å²) < 4.78 is 12.2. The van der Waals surface area contributed by atoms with E-state index < -0.39 is 0 Å². The van der Waals surface area contributed by atoms with Gasteiger partial charge in [0.2, 0.25) is 5.91 Å². The van der Waals surface area contributed by atoms with Gasteiger partial charge in [0.25, 0.3) is 5.88 Å². The second-order valence-electron chi connectivity index (χ2n) is 7.57. The molecule has 0 aliphatic heterocycles. The molecule has 2 heterocycles. The van der Waals surface area contributed by atoms with Crippen molar-refractivity contribution >= 4 is 5.91 Å². The number of benzene rings is 1. The monoisotopic (exact) mass is 394 g/mol. The first-order valence-corrected chi connectivity index (χ1v) is 9.98. The summed E-state index contributed by atoms with van der Waals surface area (Å²) in [7, 11) is 1.53. The second-order valence-corrected chi connectivity index (χ2v) is 7.57. The van der Waals surface area contributed by atoms with Crippen molar-refractivity contribution in [2.24, 2.45) is 0 Å². The van der Waals surface area contributed by atoms with Crippen molar-refractivity contribution in [2.75, 3.05) is 7.11 Å². The van der Waals surface area contributed by atoms with Crippen LogP contribution in [0.2, 0.25) is 0 Å². The zero-order chi connectivity index (χ0) is 20.4. The quantitative estimate of drug-likeness (QED) is 0.691. The Labute approximate surface area is 170 Å². The van der Waals surface area contributed by atoms with Crippen LogP contribution in [0.4, 0.5) is 0 Å². The molecule has 0 radical (unpaired) electrons. The van der Waals surface area contributed by atoms with Gasteiger partial charge in [-0.05, 0) is 61.5 Å². The number of hydrogen-bond acceptors (Lipinski definition) is 5. The van der Waals surface area contributed by atoms with Gasteiger partial charge in [0.1, 0.15) is 5.76 Å². The summed E-state index contributed by atoms with van der Waals surface area (Å²) in [5.74, 6) is 1.07. The average Bonchev–Trinajstić information content (AvgIpc) is 3.36. The van der Waals surface area contributed by atoms with Crippen molar-refractivity contribution in [3.05, 3.63) is 58.6 Å². The van der Waals surface area contributed by atoms with Gasteiger partial charge in [-0.2, -0.15) is 5.10 Å². The van der Waals surface area contributed by atoms with Gasteiger partial charge in [0, 0.05) is 30.2 Å². The van der Waals surface area contributed by atoms with Crippen LogP contribution in [0.5, 0.6) is 5.88 Å². The Morgan fingerprint density at radius 3 is 2.93 bits per heavy atom. The SMILES string of the molecule is COc1cc(CCC(=O)N[C@@H]2CCCc3c2cnn3-c2ccc(C)c(C)c2)on1. The summed E-state index contributed by atoms with van der Waals surface area (Å²) in [6, 6.07) is 8.09. The predicted molar refractivity (Wildman–Crippen MR) is 108 cm³/mol. The fraction of sp³-hybridized carbons (Fsp3) is 0.409. The molecule has 0 spiro atoms. The summed E-state index contributed by atoms with van der Waals surface area (Å²) in [6.45, 7) is 4.22. The van der Waals surface area contributed by atoms with Gasteiger partial charge in [0.15, 0.2) is 0 Å². The molecule has 0 saturated heterocycles. The molecule has 7 heteroatoms. The summed E-state index contributed by atoms with van der Waals surface area (Å²) >= 11 is 0. The van der Waals surface area contributed by atoms with Gasteiger partial charge < -0.3 is 14.6 Å². The number of fused-ring (bicyclic) bond motifs is 1. The van der Waals surface area contributed by atoms with E-state index in [2.05, 4.69) is 47.6 Å². The van der Waals surface area contributed by atoms with Crippen LogP contribution >= 0.6 is 0 Å². The third kappa shape index (κ3) is 4.04. The Bertz CT molecular complexity index is 1020. The maximum atomic E-state index is 12.5. The third-order valence-corrected chi connectivity index (χ3v) is 5.60. The van der Waals surface area contributed by atoms with Gasteiger partial charge in [-0.3, -0.25) is 4.79 Å². The van der Waals surface area contributed by atoms with Crippen molar-refractivity contribution in [1.82, 2.24) is 20.3 Å². The van der Waals surface area contributed by atoms with Gasteiger partial charge in [-0.1, -0.05) is 6.07 Å². The summed E-state index contributed by atoms with van der Waals surface area (Å²) in [4.78, 5) is 12.5. The third-order valence-electron chi connectivity index (χ3n) is 5.60. The lowest BCUT2D eigenvalue weighted by Gasteiger charge is -2.24. The lowest BCUT2D eigenvalue weighted by molar-refractivity contribution is -0.122. The standard InChI is InChI=1S/C22H26N4O3/c1-14-7-8-16(11-15(14)2)26-20-6-4-5-19(18(20)13-23-26)24-21(27)10-9-17-12-22(28-3)25-29-17/h7-8,11-13,19H,4-6,9-10H2,1-3H3,(H,24,27)/t19-/m1/s1. The van der Waals surface area contributed by atoms with E-state index in [0.717, 1.165) is 30.5 Å². The Hall–Kier alpha value is -3.09. The molecule has 0 unspecified atom stereocenters. The largest absolute Gasteiger partial charge is 0.479 e. The van der Waals surface area contributed by atoms with Crippen molar-refractivity contribution in [1.29, 1.82) is 0 Å². The normalized spacial score (nSPS) is 15.8. The smallest absolute Gasteiger partial charge is 0.254 e. The van der Waals surface area contributed by atoms with E-state index in [0.29, 0.717) is 24.5 Å². The van der Waals surface area contributed by atoms with E-state index in [4.69, 9.17) is 9.26 Å². The van der Waals surface area contributed by atoms with Gasteiger partial charge in [-0.25, -0.2) is 4.68 Å². The van der Waals surface area contributed by atoms with Crippen molar-refractivity contribution in [3.63, 3.8) is 0 Å². The number of ether oxygens (including phenoxy) is 1. The highest BCUT2D eigenvalue weighted by atomic mass is 16.5. The molecule has 0 fully saturated rings. The first-order valence-electron chi connectivity index (χ1n) is 9.98. The van der Waals surface area contributed by atoms with Crippen LogP contribution in [0.3, 0.4) is 0 Å². The number of carbonyl (C=O) groups excluding carboxylic acids is 1. The molecule has 1 N–H and O–H groups in total. The molecule has 1 atom stereocenters. The summed E-state index contributed by atoms with van der Waals surface area (Å²) in [5.41, 5.74) is 5.88. The van der Waals surface area contributed by atoms with Gasteiger partial charge in [-0.15, -0.1) is 0 Å². The van der Waals surface area contributed by atoms with Crippen LogP contribution in [0.1, 0.15) is 53.4 Å². The van der Waals surface area contributed by atoms with Gasteiger partial charge >= 0.3 is 0 Å². The lowest BCUT2D eigenvalue weighted by Crippen LogP contribution is -2.31. The zero-order valence-corrected chi connectivity index (χ0v) is 17.1. The highest BCUT2D eigenvalue weighted by molar-refractivity contribution is 5.76. The Morgan fingerprint density at radius 2 is 2.17 bits per heavy atom. The van der Waals surface area contributed by atoms with Crippen LogP contribution in [-0.4, -0.2) is 28.0 Å². The van der Waals surface area contributed by atoms with E-state index in [1.807, 2.05) is 10.9 Å². The minimum atomic E-state index is -0.00388. The highest BCUT2D eigenvalue weighted by Crippen LogP contribution is 2.31. The molecule has 0 bridgehead atoms. The highest BCUT2D eigenvalue weighted by Gasteiger charge is 2.26. The molecule has 4 rings (SSSR count). The molecule has 152 valence electrons. The number of rotatable bonds is 6. The zero-order valence-electron chi connectivity index (χ0n) is 17.1. The number of carbonyl (C=O) groups is 1. The molecule has 1 aliphatic carbocycles. The molecule has 1 amide bonds. The topological polar surface area (TPSA) is 82.2 Å². The Kier molecular flexibility index (Phi) is 5.38. The number of aryl methyl sites for hydroxylation is 3. The number of nitrogens with one attached hydrogen (secondary N) is 1. The molecule has 1 aliphatic rings. The first kappa shape index (κ1) is 19.2. The Balaban J connectivity index is 1.45. The summed E-state index contributed by atoms with van der Waals surface area (Å²) in [5, 5.41) is 11.6. The molecular formula is C22H26N4O3. The number of nitrogens with zero attached hydrogens (tertiary/aromatic N) is 3. The Morgan fingerprint density at radius 1 is 1.31 bits per heavy atom. The lowest BCUT2D eigenvalue weighted by atomic mass is 9.92. The van der Waals surface area contributed by atoms with Gasteiger partial charge in [0.05, 0.1) is 25.0 Å². The number of methoxy groups -OCH3 is 1. The second kappa shape index (κ2) is 8.11. The van der Waals surface area contributed by atoms with Crippen LogP contribution in [-0.2, 0) is 17.6 Å². The molecule has 29 heavy (non-hydrogen) atoms. The molecular weight excluding hydrogens is 368 g/mol. The van der Waals surface area contributed by atoms with E-state index >= 15 is 0 Å². The fourth-order valence-corrected chi connectivity index (χ4v) is 3.80. The van der Waals surface area contributed by atoms with E-state index in [1.54, 1.807) is 6.07 Å². The number of aromatic nitrogens is 3. The van der Waals surface area contributed by atoms with Crippen LogP contribution < -0.4 is 10.1 Å². The van der Waals surface area contributed by atoms with Crippen LogP contribution in [0.15, 0.2) is 35.0 Å². The molecule has 7 nitrogen and oxygen atoms in total. The number of amides is 1.